The van der Waals surface area contributed by atoms with Gasteiger partial charge in [-0.1, -0.05) is 11.8 Å². The zero-order chi connectivity index (χ0) is 6.69. The van der Waals surface area contributed by atoms with Crippen LogP contribution in [-0.4, -0.2) is 16.2 Å². The number of aromatic amines is 1. The number of halogens is 1. The maximum absolute atomic E-state index is 10.5. The van der Waals surface area contributed by atoms with Crippen LogP contribution in [0.2, 0.25) is 0 Å². The summed E-state index contributed by atoms with van der Waals surface area (Å²) < 4.78 is 0. The lowest BCUT2D eigenvalue weighted by atomic mass is 10.7. The number of nitrogens with one attached hydrogen (secondary N) is 1. The molecule has 0 fully saturated rings. The first-order valence-corrected chi connectivity index (χ1v) is 3.65. The number of hydrogen-bond donors (Lipinski definition) is 1. The van der Waals surface area contributed by atoms with E-state index in [1.807, 2.05) is 6.26 Å². The van der Waals surface area contributed by atoms with Crippen LogP contribution in [0.25, 0.3) is 0 Å². The molecular formula is C5H7ClN2OS. The van der Waals surface area contributed by atoms with Crippen LogP contribution in [0.3, 0.4) is 0 Å². The number of thioether (sulfide) groups is 1. The Labute approximate surface area is 68.7 Å². The molecule has 0 aliphatic heterocycles. The third-order valence-corrected chi connectivity index (χ3v) is 1.44. The molecule has 3 nitrogen and oxygen atoms in total. The van der Waals surface area contributed by atoms with Crippen molar-refractivity contribution in [2.24, 2.45) is 0 Å². The lowest BCUT2D eigenvalue weighted by molar-refractivity contribution is 0.940. The average molecular weight is 179 g/mol. The van der Waals surface area contributed by atoms with Crippen molar-refractivity contribution >= 4 is 24.2 Å². The van der Waals surface area contributed by atoms with E-state index in [2.05, 4.69) is 9.97 Å². The highest BCUT2D eigenvalue weighted by Crippen LogP contribution is 2.01. The van der Waals surface area contributed by atoms with Gasteiger partial charge in [0.05, 0.1) is 0 Å². The molecule has 0 aliphatic rings. The van der Waals surface area contributed by atoms with Gasteiger partial charge < -0.3 is 4.98 Å². The van der Waals surface area contributed by atoms with Gasteiger partial charge in [-0.3, -0.25) is 4.79 Å². The zero-order valence-corrected chi connectivity index (χ0v) is 6.96. The highest BCUT2D eigenvalue weighted by atomic mass is 35.5. The van der Waals surface area contributed by atoms with E-state index in [-0.39, 0.29) is 18.0 Å². The summed E-state index contributed by atoms with van der Waals surface area (Å²) in [5.41, 5.74) is -0.102. The first-order chi connectivity index (χ1) is 4.33. The Balaban J connectivity index is 0.000000810. The van der Waals surface area contributed by atoms with Gasteiger partial charge in [-0.2, -0.15) is 0 Å². The molecule has 1 rings (SSSR count). The Kier molecular flexibility index (Phi) is 4.14. The Bertz CT molecular complexity index is 249. The second-order valence-corrected chi connectivity index (χ2v) is 2.24. The number of nitrogens with zero attached hydrogens (tertiary/aromatic N) is 1. The maximum Gasteiger partial charge on any atom is 0.251 e. The van der Waals surface area contributed by atoms with Crippen molar-refractivity contribution < 1.29 is 0 Å². The number of hydrogen-bond acceptors (Lipinski definition) is 3. The lowest BCUT2D eigenvalue weighted by Gasteiger charge is -1.89. The van der Waals surface area contributed by atoms with Gasteiger partial charge in [0.25, 0.3) is 5.56 Å². The zero-order valence-electron chi connectivity index (χ0n) is 5.33. The Morgan fingerprint density at radius 1 is 1.70 bits per heavy atom. The molecule has 0 saturated heterocycles. The minimum Gasteiger partial charge on any atom is -0.301 e. The molecule has 1 N–H and O–H groups in total. The summed E-state index contributed by atoms with van der Waals surface area (Å²) in [5, 5.41) is 0.655. The van der Waals surface area contributed by atoms with Gasteiger partial charge in [0, 0.05) is 12.3 Å². The molecule has 0 unspecified atom stereocenters. The van der Waals surface area contributed by atoms with Gasteiger partial charge in [-0.05, 0) is 6.26 Å². The van der Waals surface area contributed by atoms with Crippen molar-refractivity contribution in [3.8, 4) is 0 Å². The summed E-state index contributed by atoms with van der Waals surface area (Å²) in [4.78, 5) is 17.0. The highest BCUT2D eigenvalue weighted by molar-refractivity contribution is 7.98. The molecule has 0 radical (unpaired) electrons. The van der Waals surface area contributed by atoms with Crippen LogP contribution in [0.1, 0.15) is 0 Å². The molecule has 0 saturated carbocycles. The van der Waals surface area contributed by atoms with E-state index >= 15 is 0 Å². The molecule has 0 spiro atoms. The summed E-state index contributed by atoms with van der Waals surface area (Å²) in [6, 6.07) is 1.39. The number of rotatable bonds is 1. The van der Waals surface area contributed by atoms with Crippen molar-refractivity contribution in [2.75, 3.05) is 6.26 Å². The Morgan fingerprint density at radius 3 is 2.80 bits per heavy atom. The summed E-state index contributed by atoms with van der Waals surface area (Å²) in [5.74, 6) is 0. The second kappa shape index (κ2) is 4.35. The smallest absolute Gasteiger partial charge is 0.251 e. The topological polar surface area (TPSA) is 45.8 Å². The number of H-pyrrole nitrogens is 1. The first-order valence-electron chi connectivity index (χ1n) is 2.42. The van der Waals surface area contributed by atoms with Crippen LogP contribution in [0.5, 0.6) is 0 Å². The summed E-state index contributed by atoms with van der Waals surface area (Å²) in [6.45, 7) is 0. The molecule has 0 bridgehead atoms. The predicted molar refractivity (Wildman–Crippen MR) is 43.9 cm³/mol. The monoisotopic (exact) mass is 178 g/mol. The van der Waals surface area contributed by atoms with Gasteiger partial charge in [-0.25, -0.2) is 4.98 Å². The van der Waals surface area contributed by atoms with Gasteiger partial charge in [0.1, 0.15) is 0 Å². The Hall–Kier alpha value is -0.480. The normalized spacial score (nSPS) is 8.50. The van der Waals surface area contributed by atoms with E-state index in [0.29, 0.717) is 5.16 Å². The molecule has 56 valence electrons. The van der Waals surface area contributed by atoms with Gasteiger partial charge in [0.2, 0.25) is 0 Å². The molecule has 0 aromatic carbocycles. The van der Waals surface area contributed by atoms with Gasteiger partial charge in [0.15, 0.2) is 5.16 Å². The molecule has 0 atom stereocenters. The number of aromatic nitrogens is 2. The lowest BCUT2D eigenvalue weighted by Crippen LogP contribution is -2.04. The summed E-state index contributed by atoms with van der Waals surface area (Å²) in [6.07, 6.45) is 3.35. The predicted octanol–water partition coefficient (Wildman–Crippen LogP) is 0.914. The van der Waals surface area contributed by atoms with Gasteiger partial charge in [-0.15, -0.1) is 12.4 Å². The summed E-state index contributed by atoms with van der Waals surface area (Å²) >= 11 is 1.42. The standard InChI is InChI=1S/C5H6N2OS.ClH/c1-9-5-6-3-2-4(8)7-5;/h2-3H,1H3,(H,6,7,8);1H. The van der Waals surface area contributed by atoms with Crippen LogP contribution < -0.4 is 5.56 Å². The third kappa shape index (κ3) is 2.41. The van der Waals surface area contributed by atoms with Crippen molar-refractivity contribution in [1.82, 2.24) is 9.97 Å². The fourth-order valence-corrected chi connectivity index (χ4v) is 0.825. The fraction of sp³-hybridized carbons (Fsp3) is 0.200. The van der Waals surface area contributed by atoms with E-state index in [1.165, 1.54) is 24.0 Å². The summed E-state index contributed by atoms with van der Waals surface area (Å²) in [7, 11) is 0. The molecule has 1 heterocycles. The minimum absolute atomic E-state index is 0. The van der Waals surface area contributed by atoms with Crippen molar-refractivity contribution in [1.29, 1.82) is 0 Å². The molecule has 10 heavy (non-hydrogen) atoms. The van der Waals surface area contributed by atoms with E-state index in [0.717, 1.165) is 0 Å². The van der Waals surface area contributed by atoms with Crippen molar-refractivity contribution in [2.45, 2.75) is 5.16 Å². The van der Waals surface area contributed by atoms with Crippen LogP contribution in [-0.2, 0) is 0 Å². The van der Waals surface area contributed by atoms with Crippen LogP contribution in [0.15, 0.2) is 22.2 Å². The van der Waals surface area contributed by atoms with Crippen LogP contribution in [0, 0.1) is 0 Å². The Morgan fingerprint density at radius 2 is 2.40 bits per heavy atom. The molecular weight excluding hydrogens is 172 g/mol. The van der Waals surface area contributed by atoms with Crippen LogP contribution >= 0.6 is 24.2 Å². The molecule has 1 aromatic rings. The van der Waals surface area contributed by atoms with Gasteiger partial charge >= 0.3 is 0 Å². The third-order valence-electron chi connectivity index (χ3n) is 0.841. The van der Waals surface area contributed by atoms with E-state index in [1.54, 1.807) is 0 Å². The van der Waals surface area contributed by atoms with Crippen LogP contribution in [0.4, 0.5) is 0 Å². The van der Waals surface area contributed by atoms with Crippen molar-refractivity contribution in [3.05, 3.63) is 22.6 Å². The van der Waals surface area contributed by atoms with E-state index in [4.69, 9.17) is 0 Å². The SMILES string of the molecule is CSc1nccc(=O)[nH]1.Cl. The molecule has 1 aromatic heterocycles. The molecule has 5 heteroatoms. The molecule has 0 amide bonds. The van der Waals surface area contributed by atoms with E-state index in [9.17, 15) is 4.79 Å². The second-order valence-electron chi connectivity index (χ2n) is 1.44. The minimum atomic E-state index is -0.102. The quantitative estimate of drug-likeness (QED) is 0.514. The van der Waals surface area contributed by atoms with Crippen molar-refractivity contribution in [3.63, 3.8) is 0 Å². The average Bonchev–Trinajstić information content (AvgIpc) is 1.88. The molecule has 0 aliphatic carbocycles. The largest absolute Gasteiger partial charge is 0.301 e. The maximum atomic E-state index is 10.5. The first kappa shape index (κ1) is 9.52. The van der Waals surface area contributed by atoms with E-state index < -0.39 is 0 Å². The fourth-order valence-electron chi connectivity index (χ4n) is 0.456. The highest BCUT2D eigenvalue weighted by Gasteiger charge is 1.87.